The molecule has 1 aliphatic carbocycles. The number of methoxy groups -OCH3 is 1. The molecule has 0 aromatic heterocycles. The first-order chi connectivity index (χ1) is 9.04. The number of carbonyl (C=O) groups is 1. The summed E-state index contributed by atoms with van der Waals surface area (Å²) >= 11 is 5.12. The van der Waals surface area contributed by atoms with Gasteiger partial charge in [0, 0.05) is 20.1 Å². The maximum Gasteiger partial charge on any atom is 0.220 e. The van der Waals surface area contributed by atoms with E-state index in [1.165, 1.54) is 19.3 Å². The lowest BCUT2D eigenvalue weighted by Crippen LogP contribution is -2.49. The van der Waals surface area contributed by atoms with Gasteiger partial charge in [-0.15, -0.1) is 0 Å². The van der Waals surface area contributed by atoms with Crippen LogP contribution in [-0.4, -0.2) is 30.7 Å². The minimum absolute atomic E-state index is 0.0212. The summed E-state index contributed by atoms with van der Waals surface area (Å²) in [5, 5.41) is 3.01. The van der Waals surface area contributed by atoms with E-state index in [2.05, 4.69) is 5.32 Å². The highest BCUT2D eigenvalue weighted by atomic mass is 32.1. The number of nitrogens with two attached hydrogens (primary N) is 1. The lowest BCUT2D eigenvalue weighted by atomic mass is 9.83. The molecule has 1 fully saturated rings. The van der Waals surface area contributed by atoms with Crippen molar-refractivity contribution in [1.82, 2.24) is 5.32 Å². The van der Waals surface area contributed by atoms with Gasteiger partial charge in [-0.25, -0.2) is 0 Å². The lowest BCUT2D eigenvalue weighted by Gasteiger charge is -2.30. The van der Waals surface area contributed by atoms with Gasteiger partial charge in [-0.3, -0.25) is 4.79 Å². The fraction of sp³-hybridized carbons (Fsp3) is 0.857. The van der Waals surface area contributed by atoms with Crippen molar-refractivity contribution in [1.29, 1.82) is 0 Å². The smallest absolute Gasteiger partial charge is 0.220 e. The van der Waals surface area contributed by atoms with Crippen LogP contribution in [0.3, 0.4) is 0 Å². The Hall–Kier alpha value is -0.680. The Bertz CT molecular complexity index is 304. The Kier molecular flexibility index (Phi) is 7.31. The van der Waals surface area contributed by atoms with Crippen LogP contribution < -0.4 is 11.1 Å². The number of hydrogen-bond acceptors (Lipinski definition) is 3. The molecule has 4 nitrogen and oxygen atoms in total. The predicted molar refractivity (Wildman–Crippen MR) is 80.9 cm³/mol. The monoisotopic (exact) mass is 286 g/mol. The second kappa shape index (κ2) is 8.48. The molecular weight excluding hydrogens is 260 g/mol. The molecule has 0 aromatic rings. The van der Waals surface area contributed by atoms with Crippen molar-refractivity contribution in [3.8, 4) is 0 Å². The van der Waals surface area contributed by atoms with Crippen molar-refractivity contribution in [3.63, 3.8) is 0 Å². The molecule has 1 saturated carbocycles. The highest BCUT2D eigenvalue weighted by molar-refractivity contribution is 7.80. The van der Waals surface area contributed by atoms with Crippen LogP contribution in [0.5, 0.6) is 0 Å². The molecular formula is C14H26N2O2S. The quantitative estimate of drug-likeness (QED) is 0.703. The van der Waals surface area contributed by atoms with Crippen LogP contribution in [0.1, 0.15) is 45.4 Å². The zero-order valence-corrected chi connectivity index (χ0v) is 12.8. The zero-order chi connectivity index (χ0) is 14.3. The molecule has 0 aromatic carbocycles. The van der Waals surface area contributed by atoms with E-state index in [-0.39, 0.29) is 17.9 Å². The summed E-state index contributed by atoms with van der Waals surface area (Å²) in [7, 11) is 1.65. The maximum absolute atomic E-state index is 12.0. The lowest BCUT2D eigenvalue weighted by molar-refractivity contribution is -0.122. The molecule has 2 atom stereocenters. The highest BCUT2D eigenvalue weighted by Crippen LogP contribution is 2.26. The van der Waals surface area contributed by atoms with Crippen LogP contribution >= 0.6 is 12.2 Å². The minimum Gasteiger partial charge on any atom is -0.392 e. The zero-order valence-electron chi connectivity index (χ0n) is 12.0. The summed E-state index contributed by atoms with van der Waals surface area (Å²) in [5.41, 5.74) is 5.80. The molecule has 0 heterocycles. The maximum atomic E-state index is 12.0. The summed E-state index contributed by atoms with van der Waals surface area (Å²) in [6.45, 7) is 2.59. The van der Waals surface area contributed by atoms with Gasteiger partial charge in [-0.1, -0.05) is 38.4 Å². The normalized spacial score (nSPS) is 19.7. The Morgan fingerprint density at radius 3 is 2.58 bits per heavy atom. The van der Waals surface area contributed by atoms with Crippen LogP contribution in [0, 0.1) is 11.8 Å². The Labute approximate surface area is 121 Å². The molecule has 0 bridgehead atoms. The molecule has 3 N–H and O–H groups in total. The molecule has 0 aliphatic heterocycles. The number of ether oxygens (including phenoxy) is 1. The third-order valence-electron chi connectivity index (χ3n) is 3.73. The topological polar surface area (TPSA) is 64.3 Å². The number of thiocarbonyl (C=S) groups is 1. The third kappa shape index (κ3) is 5.87. The van der Waals surface area contributed by atoms with E-state index in [4.69, 9.17) is 22.7 Å². The molecule has 2 unspecified atom stereocenters. The van der Waals surface area contributed by atoms with Gasteiger partial charge in [0.25, 0.3) is 0 Å². The molecule has 110 valence electrons. The first kappa shape index (κ1) is 16.4. The van der Waals surface area contributed by atoms with E-state index in [0.717, 1.165) is 12.8 Å². The fourth-order valence-corrected chi connectivity index (χ4v) is 3.03. The van der Waals surface area contributed by atoms with Gasteiger partial charge in [-0.05, 0) is 24.7 Å². The molecule has 5 heteroatoms. The summed E-state index contributed by atoms with van der Waals surface area (Å²) in [6, 6.07) is -0.141. The van der Waals surface area contributed by atoms with E-state index in [1.807, 2.05) is 6.92 Å². The molecule has 0 radical (unpaired) electrons. The van der Waals surface area contributed by atoms with Crippen LogP contribution in [-0.2, 0) is 9.53 Å². The SMILES string of the molecule is COCC(C)CC(=O)NC(C(N)=S)C1CCCCC1. The van der Waals surface area contributed by atoms with Crippen molar-refractivity contribution < 1.29 is 9.53 Å². The third-order valence-corrected chi connectivity index (χ3v) is 3.98. The first-order valence-corrected chi connectivity index (χ1v) is 7.53. The first-order valence-electron chi connectivity index (χ1n) is 7.12. The van der Waals surface area contributed by atoms with E-state index < -0.39 is 0 Å². The number of nitrogens with one attached hydrogen (secondary N) is 1. The average Bonchev–Trinajstić information content (AvgIpc) is 2.37. The van der Waals surface area contributed by atoms with Crippen LogP contribution in [0.15, 0.2) is 0 Å². The Balaban J connectivity index is 2.48. The van der Waals surface area contributed by atoms with Crippen LogP contribution in [0.25, 0.3) is 0 Å². The largest absolute Gasteiger partial charge is 0.392 e. The van der Waals surface area contributed by atoms with E-state index >= 15 is 0 Å². The summed E-state index contributed by atoms with van der Waals surface area (Å²) < 4.78 is 5.04. The van der Waals surface area contributed by atoms with Crippen LogP contribution in [0.4, 0.5) is 0 Å². The van der Waals surface area contributed by atoms with Gasteiger partial charge < -0.3 is 15.8 Å². The molecule has 19 heavy (non-hydrogen) atoms. The van der Waals surface area contributed by atoms with Gasteiger partial charge in [0.2, 0.25) is 5.91 Å². The summed E-state index contributed by atoms with van der Waals surface area (Å²) in [6.07, 6.45) is 6.37. The summed E-state index contributed by atoms with van der Waals surface area (Å²) in [4.78, 5) is 12.4. The Morgan fingerprint density at radius 2 is 2.05 bits per heavy atom. The van der Waals surface area contributed by atoms with Gasteiger partial charge in [0.15, 0.2) is 0 Å². The number of hydrogen-bond donors (Lipinski definition) is 2. The molecule has 1 aliphatic rings. The molecule has 1 rings (SSSR count). The molecule has 0 saturated heterocycles. The van der Waals surface area contributed by atoms with Crippen molar-refractivity contribution in [3.05, 3.63) is 0 Å². The number of rotatable bonds is 7. The van der Waals surface area contributed by atoms with Crippen molar-refractivity contribution in [2.75, 3.05) is 13.7 Å². The van der Waals surface area contributed by atoms with Gasteiger partial charge in [-0.2, -0.15) is 0 Å². The second-order valence-electron chi connectivity index (χ2n) is 5.61. The fourth-order valence-electron chi connectivity index (χ4n) is 2.78. The predicted octanol–water partition coefficient (Wildman–Crippen LogP) is 2.01. The molecule has 0 spiro atoms. The number of amides is 1. The average molecular weight is 286 g/mol. The van der Waals surface area contributed by atoms with E-state index in [0.29, 0.717) is 23.9 Å². The van der Waals surface area contributed by atoms with Crippen molar-refractivity contribution >= 4 is 23.1 Å². The highest BCUT2D eigenvalue weighted by Gasteiger charge is 2.27. The van der Waals surface area contributed by atoms with Gasteiger partial charge in [0.1, 0.15) is 0 Å². The number of carbonyl (C=O) groups excluding carboxylic acids is 1. The standard InChI is InChI=1S/C14H26N2O2S/c1-10(9-18-2)8-12(17)16-13(14(15)19)11-6-4-3-5-7-11/h10-11,13H,3-9H2,1-2H3,(H2,15,19)(H,16,17). The minimum atomic E-state index is -0.141. The van der Waals surface area contributed by atoms with Gasteiger partial charge >= 0.3 is 0 Å². The summed E-state index contributed by atoms with van der Waals surface area (Å²) in [5.74, 6) is 0.643. The van der Waals surface area contributed by atoms with Crippen molar-refractivity contribution in [2.45, 2.75) is 51.5 Å². The van der Waals surface area contributed by atoms with Gasteiger partial charge in [0.05, 0.1) is 11.0 Å². The van der Waals surface area contributed by atoms with Crippen LogP contribution in [0.2, 0.25) is 0 Å². The van der Waals surface area contributed by atoms with E-state index in [9.17, 15) is 4.79 Å². The van der Waals surface area contributed by atoms with Crippen molar-refractivity contribution in [2.24, 2.45) is 17.6 Å². The Morgan fingerprint density at radius 1 is 1.42 bits per heavy atom. The van der Waals surface area contributed by atoms with E-state index in [1.54, 1.807) is 7.11 Å². The second-order valence-corrected chi connectivity index (χ2v) is 6.08. The molecule has 1 amide bonds.